The maximum atomic E-state index is 10.1. The first-order valence-corrected chi connectivity index (χ1v) is 6.75. The molecule has 4 heteroatoms. The number of aliphatic hydroxyl groups excluding tert-OH is 2. The molecule has 17 heavy (non-hydrogen) atoms. The summed E-state index contributed by atoms with van der Waals surface area (Å²) in [4.78, 5) is 2.21. The summed E-state index contributed by atoms with van der Waals surface area (Å²) in [5.74, 6) is 0.379. The Hall–Kier alpha value is -0.420. The third-order valence-electron chi connectivity index (χ3n) is 3.29. The number of aliphatic hydroxyl groups is 2. The summed E-state index contributed by atoms with van der Waals surface area (Å²) >= 11 is 3.41. The van der Waals surface area contributed by atoms with Gasteiger partial charge in [-0.2, -0.15) is 0 Å². The molecule has 1 aliphatic heterocycles. The van der Waals surface area contributed by atoms with Gasteiger partial charge >= 0.3 is 0 Å². The number of benzene rings is 1. The number of halogens is 1. The summed E-state index contributed by atoms with van der Waals surface area (Å²) in [5, 5.41) is 19.2. The molecule has 0 aliphatic carbocycles. The van der Waals surface area contributed by atoms with E-state index in [0.717, 1.165) is 29.5 Å². The zero-order valence-electron chi connectivity index (χ0n) is 9.72. The van der Waals surface area contributed by atoms with Crippen LogP contribution in [-0.2, 0) is 0 Å². The molecule has 2 rings (SSSR count). The van der Waals surface area contributed by atoms with E-state index in [0.29, 0.717) is 12.5 Å². The van der Waals surface area contributed by atoms with Crippen molar-refractivity contribution >= 4 is 15.9 Å². The highest BCUT2D eigenvalue weighted by molar-refractivity contribution is 9.10. The smallest absolute Gasteiger partial charge is 0.0917 e. The lowest BCUT2D eigenvalue weighted by Gasteiger charge is -2.20. The van der Waals surface area contributed by atoms with E-state index in [4.69, 9.17) is 5.11 Å². The van der Waals surface area contributed by atoms with Crippen LogP contribution in [0.4, 0.5) is 0 Å². The van der Waals surface area contributed by atoms with Crippen molar-refractivity contribution in [1.82, 2.24) is 4.90 Å². The van der Waals surface area contributed by atoms with Gasteiger partial charge in [0.15, 0.2) is 0 Å². The zero-order valence-corrected chi connectivity index (χ0v) is 11.3. The van der Waals surface area contributed by atoms with Crippen molar-refractivity contribution in [3.8, 4) is 0 Å². The SMILES string of the molecule is OCC1CCN(CC(O)c2cccc(Br)c2)C1. The molecule has 1 fully saturated rings. The highest BCUT2D eigenvalue weighted by atomic mass is 79.9. The summed E-state index contributed by atoms with van der Waals surface area (Å²) < 4.78 is 0.990. The van der Waals surface area contributed by atoms with Crippen LogP contribution >= 0.6 is 15.9 Å². The van der Waals surface area contributed by atoms with E-state index >= 15 is 0 Å². The molecule has 3 nitrogen and oxygen atoms in total. The lowest BCUT2D eigenvalue weighted by Crippen LogP contribution is -2.27. The summed E-state index contributed by atoms with van der Waals surface area (Å²) in [6.45, 7) is 2.76. The van der Waals surface area contributed by atoms with E-state index in [-0.39, 0.29) is 6.61 Å². The fraction of sp³-hybridized carbons (Fsp3) is 0.538. The maximum absolute atomic E-state index is 10.1. The third-order valence-corrected chi connectivity index (χ3v) is 3.79. The van der Waals surface area contributed by atoms with Gasteiger partial charge in [-0.15, -0.1) is 0 Å². The number of β-amino-alcohol motifs (C(OH)–C–C–N with tert-alkyl or cyclic N) is 1. The van der Waals surface area contributed by atoms with Gasteiger partial charge in [0.2, 0.25) is 0 Å². The van der Waals surface area contributed by atoms with Crippen molar-refractivity contribution in [2.75, 3.05) is 26.2 Å². The summed E-state index contributed by atoms with van der Waals surface area (Å²) in [5.41, 5.74) is 0.937. The van der Waals surface area contributed by atoms with E-state index < -0.39 is 6.10 Å². The van der Waals surface area contributed by atoms with Gasteiger partial charge in [-0.05, 0) is 36.6 Å². The van der Waals surface area contributed by atoms with E-state index in [1.807, 2.05) is 24.3 Å². The minimum Gasteiger partial charge on any atom is -0.396 e. The molecule has 0 radical (unpaired) electrons. The van der Waals surface area contributed by atoms with Crippen LogP contribution in [0.15, 0.2) is 28.7 Å². The van der Waals surface area contributed by atoms with Crippen LogP contribution in [0.3, 0.4) is 0 Å². The minimum absolute atomic E-state index is 0.253. The van der Waals surface area contributed by atoms with E-state index in [1.54, 1.807) is 0 Å². The highest BCUT2D eigenvalue weighted by Gasteiger charge is 2.23. The van der Waals surface area contributed by atoms with E-state index in [9.17, 15) is 5.11 Å². The van der Waals surface area contributed by atoms with Crippen LogP contribution in [0, 0.1) is 5.92 Å². The molecule has 2 N–H and O–H groups in total. The Kier molecular flexibility index (Phi) is 4.56. The summed E-state index contributed by atoms with van der Waals surface area (Å²) in [7, 11) is 0. The molecule has 0 saturated carbocycles. The monoisotopic (exact) mass is 299 g/mol. The zero-order chi connectivity index (χ0) is 12.3. The lowest BCUT2D eigenvalue weighted by molar-refractivity contribution is 0.121. The molecule has 1 aromatic rings. The standard InChI is InChI=1S/C13H18BrNO2/c14-12-3-1-2-11(6-12)13(17)8-15-5-4-10(7-15)9-16/h1-3,6,10,13,16-17H,4-5,7-9H2. The average Bonchev–Trinajstić information content (AvgIpc) is 2.77. The van der Waals surface area contributed by atoms with Crippen LogP contribution in [0.25, 0.3) is 0 Å². The van der Waals surface area contributed by atoms with Gasteiger partial charge in [-0.25, -0.2) is 0 Å². The molecule has 1 saturated heterocycles. The number of hydrogen-bond acceptors (Lipinski definition) is 3. The van der Waals surface area contributed by atoms with Crippen molar-refractivity contribution in [3.63, 3.8) is 0 Å². The van der Waals surface area contributed by atoms with Crippen molar-refractivity contribution in [2.45, 2.75) is 12.5 Å². The second-order valence-electron chi connectivity index (χ2n) is 4.67. The Morgan fingerprint density at radius 2 is 2.29 bits per heavy atom. The van der Waals surface area contributed by atoms with Crippen LogP contribution in [-0.4, -0.2) is 41.4 Å². The van der Waals surface area contributed by atoms with Gasteiger partial charge in [0, 0.05) is 24.2 Å². The van der Waals surface area contributed by atoms with Crippen LogP contribution in [0.2, 0.25) is 0 Å². The Bertz CT molecular complexity index is 372. The molecular weight excluding hydrogens is 282 g/mol. The molecule has 1 heterocycles. The third kappa shape index (κ3) is 3.52. The van der Waals surface area contributed by atoms with Crippen molar-refractivity contribution in [3.05, 3.63) is 34.3 Å². The van der Waals surface area contributed by atoms with Crippen LogP contribution in [0.1, 0.15) is 18.1 Å². The lowest BCUT2D eigenvalue weighted by atomic mass is 10.1. The molecular formula is C13H18BrNO2. The fourth-order valence-electron chi connectivity index (χ4n) is 2.29. The quantitative estimate of drug-likeness (QED) is 0.891. The Balaban J connectivity index is 1.91. The van der Waals surface area contributed by atoms with Gasteiger partial charge in [0.05, 0.1) is 6.10 Å². The van der Waals surface area contributed by atoms with Gasteiger partial charge in [0.1, 0.15) is 0 Å². The highest BCUT2D eigenvalue weighted by Crippen LogP contribution is 2.22. The largest absolute Gasteiger partial charge is 0.396 e. The number of rotatable bonds is 4. The molecule has 0 spiro atoms. The molecule has 1 aliphatic rings. The van der Waals surface area contributed by atoms with Crippen LogP contribution < -0.4 is 0 Å². The van der Waals surface area contributed by atoms with Crippen molar-refractivity contribution in [1.29, 1.82) is 0 Å². The van der Waals surface area contributed by atoms with Gasteiger partial charge in [-0.1, -0.05) is 28.1 Å². The molecule has 0 bridgehead atoms. The van der Waals surface area contributed by atoms with Crippen molar-refractivity contribution in [2.24, 2.45) is 5.92 Å². The Labute approximate surface area is 110 Å². The van der Waals surface area contributed by atoms with Gasteiger partial charge in [-0.3, -0.25) is 0 Å². The Morgan fingerprint density at radius 1 is 1.47 bits per heavy atom. The second-order valence-corrected chi connectivity index (χ2v) is 5.58. The van der Waals surface area contributed by atoms with E-state index in [2.05, 4.69) is 20.8 Å². The van der Waals surface area contributed by atoms with Gasteiger partial charge < -0.3 is 15.1 Å². The number of nitrogens with zero attached hydrogens (tertiary/aromatic N) is 1. The molecule has 2 unspecified atom stereocenters. The molecule has 0 amide bonds. The average molecular weight is 300 g/mol. The normalized spacial score (nSPS) is 22.9. The topological polar surface area (TPSA) is 43.7 Å². The first-order chi connectivity index (χ1) is 8.19. The second kappa shape index (κ2) is 5.96. The minimum atomic E-state index is -0.454. The first-order valence-electron chi connectivity index (χ1n) is 5.96. The molecule has 1 aromatic carbocycles. The first kappa shape index (κ1) is 13.0. The summed E-state index contributed by atoms with van der Waals surface area (Å²) in [6.07, 6.45) is 0.576. The predicted molar refractivity (Wildman–Crippen MR) is 70.7 cm³/mol. The molecule has 2 atom stereocenters. The fourth-order valence-corrected chi connectivity index (χ4v) is 2.71. The number of likely N-dealkylation sites (tertiary alicyclic amines) is 1. The van der Waals surface area contributed by atoms with Crippen molar-refractivity contribution < 1.29 is 10.2 Å². The number of hydrogen-bond donors (Lipinski definition) is 2. The molecule has 94 valence electrons. The van der Waals surface area contributed by atoms with Gasteiger partial charge in [0.25, 0.3) is 0 Å². The molecule has 0 aromatic heterocycles. The summed E-state index contributed by atoms with van der Waals surface area (Å²) in [6, 6.07) is 7.77. The van der Waals surface area contributed by atoms with Crippen LogP contribution in [0.5, 0.6) is 0 Å². The maximum Gasteiger partial charge on any atom is 0.0917 e. The predicted octanol–water partition coefficient (Wildman–Crippen LogP) is 1.80. The van der Waals surface area contributed by atoms with E-state index in [1.165, 1.54) is 0 Å². The Morgan fingerprint density at radius 3 is 2.94 bits per heavy atom.